The van der Waals surface area contributed by atoms with Crippen LogP contribution in [0.25, 0.3) is 0 Å². The first-order valence-corrected chi connectivity index (χ1v) is 7.07. The first-order valence-electron chi connectivity index (χ1n) is 7.07. The number of halogens is 3. The van der Waals surface area contributed by atoms with Gasteiger partial charge in [-0.3, -0.25) is 4.90 Å². The zero-order valence-electron chi connectivity index (χ0n) is 11.5. The summed E-state index contributed by atoms with van der Waals surface area (Å²) in [4.78, 5) is 2.08. The van der Waals surface area contributed by atoms with Crippen molar-refractivity contribution in [2.45, 2.75) is 25.4 Å². The Morgan fingerprint density at radius 2 is 1.81 bits per heavy atom. The van der Waals surface area contributed by atoms with Crippen molar-refractivity contribution in [1.29, 1.82) is 0 Å². The van der Waals surface area contributed by atoms with E-state index in [0.717, 1.165) is 37.1 Å². The smallest absolute Gasteiger partial charge is 0.127 e. The van der Waals surface area contributed by atoms with Gasteiger partial charge in [-0.1, -0.05) is 12.1 Å². The lowest BCUT2D eigenvalue weighted by molar-refractivity contribution is 0.244. The van der Waals surface area contributed by atoms with Gasteiger partial charge in [-0.15, -0.1) is 0 Å². The van der Waals surface area contributed by atoms with Crippen molar-refractivity contribution in [2.24, 2.45) is 0 Å². The van der Waals surface area contributed by atoms with Crippen LogP contribution >= 0.6 is 0 Å². The number of hydrogen-bond donors (Lipinski definition) is 0. The van der Waals surface area contributed by atoms with Gasteiger partial charge in [0.1, 0.15) is 17.5 Å². The van der Waals surface area contributed by atoms with Crippen LogP contribution in [-0.4, -0.2) is 11.4 Å². The van der Waals surface area contributed by atoms with Gasteiger partial charge >= 0.3 is 0 Å². The summed E-state index contributed by atoms with van der Waals surface area (Å²) in [5.74, 6) is -1.11. The van der Waals surface area contributed by atoms with Gasteiger partial charge in [0.15, 0.2) is 0 Å². The van der Waals surface area contributed by atoms with E-state index in [1.165, 1.54) is 18.2 Å². The second-order valence-electron chi connectivity index (χ2n) is 5.42. The van der Waals surface area contributed by atoms with Crippen molar-refractivity contribution in [3.05, 3.63) is 71.0 Å². The Morgan fingerprint density at radius 3 is 2.62 bits per heavy atom. The van der Waals surface area contributed by atoms with Crippen molar-refractivity contribution in [3.63, 3.8) is 0 Å². The van der Waals surface area contributed by atoms with E-state index >= 15 is 0 Å². The molecule has 1 saturated heterocycles. The molecule has 110 valence electrons. The highest BCUT2D eigenvalue weighted by molar-refractivity contribution is 5.23. The molecule has 1 fully saturated rings. The third kappa shape index (κ3) is 3.10. The number of hydrogen-bond acceptors (Lipinski definition) is 1. The normalized spacial score (nSPS) is 19.1. The molecule has 3 rings (SSSR count). The zero-order valence-corrected chi connectivity index (χ0v) is 11.5. The van der Waals surface area contributed by atoms with Crippen LogP contribution in [0.3, 0.4) is 0 Å². The first kappa shape index (κ1) is 14.1. The molecule has 1 heterocycles. The van der Waals surface area contributed by atoms with Crippen LogP contribution in [0.5, 0.6) is 0 Å². The summed E-state index contributed by atoms with van der Waals surface area (Å²) >= 11 is 0. The lowest BCUT2D eigenvalue weighted by Gasteiger charge is -2.25. The molecule has 2 aromatic rings. The minimum absolute atomic E-state index is 0.0587. The molecular formula is C17H16F3N. The Balaban J connectivity index is 1.83. The molecule has 0 aliphatic carbocycles. The predicted molar refractivity (Wildman–Crippen MR) is 75.1 cm³/mol. The average molecular weight is 291 g/mol. The second kappa shape index (κ2) is 5.90. The van der Waals surface area contributed by atoms with Gasteiger partial charge in [0.25, 0.3) is 0 Å². The van der Waals surface area contributed by atoms with Gasteiger partial charge < -0.3 is 0 Å². The molecule has 1 atom stereocenters. The van der Waals surface area contributed by atoms with Crippen LogP contribution in [-0.2, 0) is 6.54 Å². The number of likely N-dealkylation sites (tertiary alicyclic amines) is 1. The van der Waals surface area contributed by atoms with Crippen LogP contribution in [0.15, 0.2) is 42.5 Å². The molecule has 1 aliphatic heterocycles. The summed E-state index contributed by atoms with van der Waals surface area (Å²) in [6.45, 7) is 1.14. The monoisotopic (exact) mass is 291 g/mol. The van der Waals surface area contributed by atoms with Crippen LogP contribution in [0.4, 0.5) is 13.2 Å². The summed E-state index contributed by atoms with van der Waals surface area (Å²) in [7, 11) is 0. The lowest BCUT2D eigenvalue weighted by Crippen LogP contribution is -2.23. The van der Waals surface area contributed by atoms with E-state index in [1.54, 1.807) is 6.07 Å². The number of benzene rings is 2. The Hall–Kier alpha value is -1.81. The van der Waals surface area contributed by atoms with Gasteiger partial charge in [-0.05, 0) is 55.3 Å². The average Bonchev–Trinajstić information content (AvgIpc) is 2.91. The zero-order chi connectivity index (χ0) is 14.8. The van der Waals surface area contributed by atoms with Crippen molar-refractivity contribution < 1.29 is 13.2 Å². The first-order chi connectivity index (χ1) is 10.1. The fraction of sp³-hybridized carbons (Fsp3) is 0.294. The van der Waals surface area contributed by atoms with Crippen molar-refractivity contribution in [2.75, 3.05) is 6.54 Å². The fourth-order valence-corrected chi connectivity index (χ4v) is 2.99. The van der Waals surface area contributed by atoms with E-state index in [4.69, 9.17) is 0 Å². The Labute approximate surface area is 122 Å². The molecule has 0 amide bonds. The third-order valence-corrected chi connectivity index (χ3v) is 3.98. The molecule has 0 radical (unpaired) electrons. The Morgan fingerprint density at radius 1 is 1.00 bits per heavy atom. The summed E-state index contributed by atoms with van der Waals surface area (Å²) in [5, 5.41) is 0. The van der Waals surface area contributed by atoms with Gasteiger partial charge in [0.05, 0.1) is 0 Å². The number of rotatable bonds is 3. The van der Waals surface area contributed by atoms with E-state index < -0.39 is 11.6 Å². The largest absolute Gasteiger partial charge is 0.292 e. The highest BCUT2D eigenvalue weighted by Crippen LogP contribution is 2.33. The maximum Gasteiger partial charge on any atom is 0.127 e. The Kier molecular flexibility index (Phi) is 3.97. The van der Waals surface area contributed by atoms with E-state index in [0.29, 0.717) is 12.1 Å². The van der Waals surface area contributed by atoms with Crippen LogP contribution in [0, 0.1) is 17.5 Å². The maximum absolute atomic E-state index is 13.8. The third-order valence-electron chi connectivity index (χ3n) is 3.98. The fourth-order valence-electron chi connectivity index (χ4n) is 2.99. The Bertz CT molecular complexity index is 642. The highest BCUT2D eigenvalue weighted by atomic mass is 19.1. The summed E-state index contributed by atoms with van der Waals surface area (Å²) < 4.78 is 40.4. The van der Waals surface area contributed by atoms with E-state index in [1.807, 2.05) is 6.07 Å². The highest BCUT2D eigenvalue weighted by Gasteiger charge is 2.26. The molecule has 4 heteroatoms. The molecule has 1 aliphatic rings. The molecule has 2 aromatic carbocycles. The van der Waals surface area contributed by atoms with Crippen LogP contribution in [0.2, 0.25) is 0 Å². The molecule has 0 aromatic heterocycles. The van der Waals surface area contributed by atoms with Crippen LogP contribution in [0.1, 0.15) is 30.0 Å². The molecule has 21 heavy (non-hydrogen) atoms. The van der Waals surface area contributed by atoms with Gasteiger partial charge in [0.2, 0.25) is 0 Å². The van der Waals surface area contributed by atoms with E-state index in [9.17, 15) is 13.2 Å². The molecule has 0 spiro atoms. The molecule has 1 nitrogen and oxygen atoms in total. The SMILES string of the molecule is Fc1cccc(C2CCCN2Cc2cc(F)ccc2F)c1. The quantitative estimate of drug-likeness (QED) is 0.808. The van der Waals surface area contributed by atoms with E-state index in [-0.39, 0.29) is 11.9 Å². The number of nitrogens with zero attached hydrogens (tertiary/aromatic N) is 1. The minimum atomic E-state index is -0.437. The van der Waals surface area contributed by atoms with Crippen molar-refractivity contribution in [3.8, 4) is 0 Å². The van der Waals surface area contributed by atoms with Gasteiger partial charge in [-0.25, -0.2) is 13.2 Å². The van der Waals surface area contributed by atoms with Gasteiger partial charge in [0, 0.05) is 18.2 Å². The molecule has 0 bridgehead atoms. The minimum Gasteiger partial charge on any atom is -0.292 e. The molecule has 0 saturated carbocycles. The van der Waals surface area contributed by atoms with Crippen molar-refractivity contribution in [1.82, 2.24) is 4.90 Å². The predicted octanol–water partition coefficient (Wildman–Crippen LogP) is 4.44. The molecule has 1 unspecified atom stereocenters. The van der Waals surface area contributed by atoms with Crippen LogP contribution < -0.4 is 0 Å². The summed E-state index contributed by atoms with van der Waals surface area (Å²) in [6.07, 6.45) is 1.87. The van der Waals surface area contributed by atoms with Crippen molar-refractivity contribution >= 4 is 0 Å². The summed E-state index contributed by atoms with van der Waals surface area (Å²) in [5.41, 5.74) is 1.24. The summed E-state index contributed by atoms with van der Waals surface area (Å²) in [6, 6.07) is 10.1. The second-order valence-corrected chi connectivity index (χ2v) is 5.42. The topological polar surface area (TPSA) is 3.24 Å². The molecule has 0 N–H and O–H groups in total. The maximum atomic E-state index is 13.8. The van der Waals surface area contributed by atoms with Gasteiger partial charge in [-0.2, -0.15) is 0 Å². The standard InChI is InChI=1S/C17H16F3N/c18-14-4-1-3-12(9-14)17-5-2-8-21(17)11-13-10-15(19)6-7-16(13)20/h1,3-4,6-7,9-10,17H,2,5,8,11H2. The lowest BCUT2D eigenvalue weighted by atomic mass is 10.0. The van der Waals surface area contributed by atoms with E-state index in [2.05, 4.69) is 4.90 Å². The molecular weight excluding hydrogens is 275 g/mol.